The Kier molecular flexibility index (Phi) is 6.43. The number of hydrogen-bond acceptors (Lipinski definition) is 6. The van der Waals surface area contributed by atoms with Crippen molar-refractivity contribution in [1.29, 1.82) is 0 Å². The molecule has 1 aromatic rings. The highest BCUT2D eigenvalue weighted by Crippen LogP contribution is 2.32. The standard InChI is InChI=1S/C22H27N3O4S/c1-16-4-2-3-9-24(16)20(26)15-25-21(27)19(30-22(25)28)14-17-5-7-18(8-6-17)23-10-12-29-13-11-23/h5-8,14,16H,2-4,9-13,15H2,1H3/b19-14-/t16-/m1/s1. The van der Waals surface area contributed by atoms with Crippen molar-refractivity contribution in [2.45, 2.75) is 32.2 Å². The lowest BCUT2D eigenvalue weighted by Crippen LogP contribution is -2.47. The van der Waals surface area contributed by atoms with E-state index in [2.05, 4.69) is 4.90 Å². The number of rotatable bonds is 4. The van der Waals surface area contributed by atoms with E-state index in [9.17, 15) is 14.4 Å². The molecule has 160 valence electrons. The molecular formula is C22H27N3O4S. The summed E-state index contributed by atoms with van der Waals surface area (Å²) in [4.78, 5) is 43.3. The fourth-order valence-corrected chi connectivity index (χ4v) is 4.92. The van der Waals surface area contributed by atoms with E-state index in [-0.39, 0.29) is 29.6 Å². The molecule has 3 heterocycles. The lowest BCUT2D eigenvalue weighted by atomic mass is 10.0. The molecule has 1 aromatic carbocycles. The van der Waals surface area contributed by atoms with Gasteiger partial charge >= 0.3 is 0 Å². The number of imide groups is 1. The fraction of sp³-hybridized carbons (Fsp3) is 0.500. The molecule has 1 atom stereocenters. The van der Waals surface area contributed by atoms with Gasteiger partial charge in [0.05, 0.1) is 18.1 Å². The molecule has 0 bridgehead atoms. The summed E-state index contributed by atoms with van der Waals surface area (Å²) in [5.41, 5.74) is 1.97. The van der Waals surface area contributed by atoms with Crippen LogP contribution >= 0.6 is 11.8 Å². The molecular weight excluding hydrogens is 402 g/mol. The first-order chi connectivity index (χ1) is 14.5. The van der Waals surface area contributed by atoms with Gasteiger partial charge in [0.25, 0.3) is 11.1 Å². The number of hydrogen-bond donors (Lipinski definition) is 0. The average Bonchev–Trinajstić information content (AvgIpc) is 3.02. The Morgan fingerprint density at radius 2 is 1.87 bits per heavy atom. The van der Waals surface area contributed by atoms with E-state index in [1.807, 2.05) is 31.2 Å². The molecule has 0 aromatic heterocycles. The number of benzene rings is 1. The maximum absolute atomic E-state index is 12.8. The SMILES string of the molecule is C[C@@H]1CCCCN1C(=O)CN1C(=O)S/C(=C\c2ccc(N3CCOCC3)cc2)C1=O. The molecule has 3 aliphatic rings. The van der Waals surface area contributed by atoms with Crippen LogP contribution in [0.1, 0.15) is 31.7 Å². The van der Waals surface area contributed by atoms with Crippen LogP contribution in [0.3, 0.4) is 0 Å². The lowest BCUT2D eigenvalue weighted by Gasteiger charge is -2.34. The quantitative estimate of drug-likeness (QED) is 0.686. The van der Waals surface area contributed by atoms with Crippen LogP contribution in [0.2, 0.25) is 0 Å². The van der Waals surface area contributed by atoms with E-state index in [0.717, 1.165) is 73.5 Å². The first-order valence-electron chi connectivity index (χ1n) is 10.5. The third-order valence-corrected chi connectivity index (χ3v) is 6.76. The highest BCUT2D eigenvalue weighted by Gasteiger charge is 2.37. The van der Waals surface area contributed by atoms with Gasteiger partial charge in [0.15, 0.2) is 0 Å². The third-order valence-electron chi connectivity index (χ3n) is 5.86. The normalized spacial score (nSPS) is 24.1. The van der Waals surface area contributed by atoms with Gasteiger partial charge in [0.2, 0.25) is 5.91 Å². The molecule has 4 rings (SSSR count). The summed E-state index contributed by atoms with van der Waals surface area (Å²) < 4.78 is 5.38. The fourth-order valence-electron chi connectivity index (χ4n) is 4.09. The van der Waals surface area contributed by atoms with Crippen molar-refractivity contribution in [2.75, 3.05) is 44.3 Å². The van der Waals surface area contributed by atoms with Crippen molar-refractivity contribution in [3.63, 3.8) is 0 Å². The van der Waals surface area contributed by atoms with Crippen molar-refractivity contribution in [2.24, 2.45) is 0 Å². The second-order valence-electron chi connectivity index (χ2n) is 7.89. The predicted molar refractivity (Wildman–Crippen MR) is 117 cm³/mol. The second kappa shape index (κ2) is 9.22. The van der Waals surface area contributed by atoms with Gasteiger partial charge in [-0.3, -0.25) is 19.3 Å². The molecule has 3 aliphatic heterocycles. The third kappa shape index (κ3) is 4.54. The smallest absolute Gasteiger partial charge is 0.294 e. The number of amides is 3. The number of carbonyl (C=O) groups excluding carboxylic acids is 3. The van der Waals surface area contributed by atoms with E-state index >= 15 is 0 Å². The van der Waals surface area contributed by atoms with Gasteiger partial charge in [-0.1, -0.05) is 12.1 Å². The molecule has 7 nitrogen and oxygen atoms in total. The monoisotopic (exact) mass is 429 g/mol. The summed E-state index contributed by atoms with van der Waals surface area (Å²) in [6.45, 7) is 5.71. The first kappa shape index (κ1) is 20.9. The molecule has 8 heteroatoms. The molecule has 0 spiro atoms. The molecule has 3 saturated heterocycles. The zero-order valence-electron chi connectivity index (χ0n) is 17.2. The largest absolute Gasteiger partial charge is 0.378 e. The summed E-state index contributed by atoms with van der Waals surface area (Å²) in [6.07, 6.45) is 4.77. The lowest BCUT2D eigenvalue weighted by molar-refractivity contribution is -0.138. The zero-order valence-corrected chi connectivity index (χ0v) is 18.0. The minimum Gasteiger partial charge on any atom is -0.378 e. The van der Waals surface area contributed by atoms with Gasteiger partial charge in [-0.15, -0.1) is 0 Å². The van der Waals surface area contributed by atoms with E-state index < -0.39 is 0 Å². The molecule has 0 unspecified atom stereocenters. The molecule has 0 N–H and O–H groups in total. The van der Waals surface area contributed by atoms with Crippen molar-refractivity contribution in [3.05, 3.63) is 34.7 Å². The number of thioether (sulfide) groups is 1. The number of morpholine rings is 1. The van der Waals surface area contributed by atoms with Gasteiger partial charge in [-0.05, 0) is 61.7 Å². The van der Waals surface area contributed by atoms with Crippen molar-refractivity contribution in [1.82, 2.24) is 9.80 Å². The second-order valence-corrected chi connectivity index (χ2v) is 8.88. The molecule has 3 fully saturated rings. The average molecular weight is 430 g/mol. The van der Waals surface area contributed by atoms with Crippen LogP contribution in [0.5, 0.6) is 0 Å². The summed E-state index contributed by atoms with van der Waals surface area (Å²) in [5.74, 6) is -0.541. The van der Waals surface area contributed by atoms with Crippen molar-refractivity contribution >= 4 is 40.6 Å². The molecule has 0 aliphatic carbocycles. The summed E-state index contributed by atoms with van der Waals surface area (Å²) >= 11 is 0.899. The predicted octanol–water partition coefficient (Wildman–Crippen LogP) is 2.96. The Morgan fingerprint density at radius 3 is 2.57 bits per heavy atom. The minimum absolute atomic E-state index is 0.152. The summed E-state index contributed by atoms with van der Waals surface area (Å²) in [5, 5.41) is -0.380. The van der Waals surface area contributed by atoms with E-state index in [1.165, 1.54) is 0 Å². The van der Waals surface area contributed by atoms with Gasteiger partial charge in [0, 0.05) is 31.4 Å². The maximum atomic E-state index is 12.8. The van der Waals surface area contributed by atoms with Crippen LogP contribution in [0.4, 0.5) is 10.5 Å². The highest BCUT2D eigenvalue weighted by molar-refractivity contribution is 8.18. The molecule has 30 heavy (non-hydrogen) atoms. The topological polar surface area (TPSA) is 70.2 Å². The molecule has 0 saturated carbocycles. The highest BCUT2D eigenvalue weighted by atomic mass is 32.2. The summed E-state index contributed by atoms with van der Waals surface area (Å²) in [6, 6.07) is 8.08. The minimum atomic E-state index is -0.389. The van der Waals surface area contributed by atoms with Crippen molar-refractivity contribution in [3.8, 4) is 0 Å². The Balaban J connectivity index is 1.41. The number of likely N-dealkylation sites (tertiary alicyclic amines) is 1. The number of anilines is 1. The van der Waals surface area contributed by atoms with Crippen LogP contribution in [-0.2, 0) is 14.3 Å². The zero-order chi connectivity index (χ0) is 21.1. The Hall–Kier alpha value is -2.32. The van der Waals surface area contributed by atoms with E-state index in [4.69, 9.17) is 4.74 Å². The van der Waals surface area contributed by atoms with Crippen LogP contribution in [0, 0.1) is 0 Å². The number of carbonyl (C=O) groups is 3. The van der Waals surface area contributed by atoms with E-state index in [0.29, 0.717) is 11.4 Å². The Morgan fingerprint density at radius 1 is 1.13 bits per heavy atom. The van der Waals surface area contributed by atoms with Crippen molar-refractivity contribution < 1.29 is 19.1 Å². The summed E-state index contributed by atoms with van der Waals surface area (Å²) in [7, 11) is 0. The Labute approximate surface area is 181 Å². The van der Waals surface area contributed by atoms with Crippen LogP contribution < -0.4 is 4.90 Å². The van der Waals surface area contributed by atoms with E-state index in [1.54, 1.807) is 11.0 Å². The van der Waals surface area contributed by atoms with Crippen LogP contribution in [0.15, 0.2) is 29.2 Å². The molecule has 3 amide bonds. The number of nitrogens with zero attached hydrogens (tertiary/aromatic N) is 3. The van der Waals surface area contributed by atoms with Gasteiger partial charge in [-0.25, -0.2) is 0 Å². The van der Waals surface area contributed by atoms with Gasteiger partial charge < -0.3 is 14.5 Å². The number of piperidine rings is 1. The Bertz CT molecular complexity index is 848. The maximum Gasteiger partial charge on any atom is 0.294 e. The van der Waals surface area contributed by atoms with Gasteiger partial charge in [-0.2, -0.15) is 0 Å². The van der Waals surface area contributed by atoms with Crippen LogP contribution in [-0.4, -0.2) is 72.3 Å². The van der Waals surface area contributed by atoms with Crippen LogP contribution in [0.25, 0.3) is 6.08 Å². The number of ether oxygens (including phenoxy) is 1. The molecule has 0 radical (unpaired) electrons. The first-order valence-corrected chi connectivity index (χ1v) is 11.3. The van der Waals surface area contributed by atoms with Gasteiger partial charge in [0.1, 0.15) is 6.54 Å².